The normalized spacial score (nSPS) is 21.5. The molecule has 0 aromatic heterocycles. The predicted octanol–water partition coefficient (Wildman–Crippen LogP) is 2.19. The standard InChI is InChI=1S/C11H23NO/c1-10(11(2)6-7-11)12-8-4-5-9-13-3/h10,12H,4-9H2,1-3H3. The second kappa shape index (κ2) is 4.97. The molecule has 1 N–H and O–H groups in total. The fourth-order valence-electron chi connectivity index (χ4n) is 1.57. The van der Waals surface area contributed by atoms with Gasteiger partial charge in [0.25, 0.3) is 0 Å². The Morgan fingerprint density at radius 3 is 2.62 bits per heavy atom. The highest BCUT2D eigenvalue weighted by atomic mass is 16.5. The van der Waals surface area contributed by atoms with E-state index in [9.17, 15) is 0 Å². The van der Waals surface area contributed by atoms with E-state index >= 15 is 0 Å². The minimum atomic E-state index is 0.612. The maximum atomic E-state index is 5.00. The SMILES string of the molecule is COCCCCNC(C)C1(C)CC1. The van der Waals surface area contributed by atoms with Gasteiger partial charge in [-0.15, -0.1) is 0 Å². The summed E-state index contributed by atoms with van der Waals surface area (Å²) in [5, 5.41) is 3.59. The van der Waals surface area contributed by atoms with E-state index in [1.165, 1.54) is 25.7 Å². The fraction of sp³-hybridized carbons (Fsp3) is 1.00. The zero-order valence-electron chi connectivity index (χ0n) is 9.23. The molecule has 0 saturated heterocycles. The summed E-state index contributed by atoms with van der Waals surface area (Å²) < 4.78 is 5.00. The monoisotopic (exact) mass is 185 g/mol. The van der Waals surface area contributed by atoms with Crippen LogP contribution in [0.25, 0.3) is 0 Å². The van der Waals surface area contributed by atoms with Crippen LogP contribution in [0.3, 0.4) is 0 Å². The van der Waals surface area contributed by atoms with E-state index < -0.39 is 0 Å². The third kappa shape index (κ3) is 3.65. The summed E-state index contributed by atoms with van der Waals surface area (Å²) >= 11 is 0. The molecule has 1 aliphatic carbocycles. The molecule has 0 bridgehead atoms. The van der Waals surface area contributed by atoms with Crippen LogP contribution in [0.15, 0.2) is 0 Å². The van der Waals surface area contributed by atoms with Gasteiger partial charge in [-0.2, -0.15) is 0 Å². The third-order valence-corrected chi connectivity index (χ3v) is 3.31. The largest absolute Gasteiger partial charge is 0.385 e. The van der Waals surface area contributed by atoms with Gasteiger partial charge in [0.2, 0.25) is 0 Å². The van der Waals surface area contributed by atoms with Crippen molar-refractivity contribution in [3.8, 4) is 0 Å². The summed E-state index contributed by atoms with van der Waals surface area (Å²) in [4.78, 5) is 0. The van der Waals surface area contributed by atoms with E-state index in [2.05, 4.69) is 19.2 Å². The van der Waals surface area contributed by atoms with E-state index in [0.29, 0.717) is 11.5 Å². The van der Waals surface area contributed by atoms with E-state index in [0.717, 1.165) is 13.2 Å². The van der Waals surface area contributed by atoms with Crippen molar-refractivity contribution in [1.29, 1.82) is 0 Å². The Morgan fingerprint density at radius 2 is 2.08 bits per heavy atom. The fourth-order valence-corrected chi connectivity index (χ4v) is 1.57. The number of unbranched alkanes of at least 4 members (excludes halogenated alkanes) is 1. The summed E-state index contributed by atoms with van der Waals surface area (Å²) in [6.07, 6.45) is 5.21. The Hall–Kier alpha value is -0.0800. The van der Waals surface area contributed by atoms with E-state index in [1.54, 1.807) is 7.11 Å². The van der Waals surface area contributed by atoms with Crippen LogP contribution in [-0.4, -0.2) is 26.3 Å². The van der Waals surface area contributed by atoms with Crippen LogP contribution in [0, 0.1) is 5.41 Å². The molecular weight excluding hydrogens is 162 g/mol. The second-order valence-corrected chi connectivity index (χ2v) is 4.53. The lowest BCUT2D eigenvalue weighted by atomic mass is 10.0. The van der Waals surface area contributed by atoms with Crippen LogP contribution in [-0.2, 0) is 4.74 Å². The summed E-state index contributed by atoms with van der Waals surface area (Å²) in [5.74, 6) is 0. The van der Waals surface area contributed by atoms with Gasteiger partial charge in [0.05, 0.1) is 0 Å². The van der Waals surface area contributed by atoms with Gasteiger partial charge < -0.3 is 10.1 Å². The van der Waals surface area contributed by atoms with Crippen LogP contribution in [0.1, 0.15) is 39.5 Å². The average molecular weight is 185 g/mol. The van der Waals surface area contributed by atoms with Crippen molar-refractivity contribution in [2.75, 3.05) is 20.3 Å². The van der Waals surface area contributed by atoms with Gasteiger partial charge in [0.15, 0.2) is 0 Å². The zero-order valence-corrected chi connectivity index (χ0v) is 9.23. The Balaban J connectivity index is 1.93. The van der Waals surface area contributed by atoms with Gasteiger partial charge in [-0.1, -0.05) is 6.92 Å². The number of ether oxygens (including phenoxy) is 1. The summed E-state index contributed by atoms with van der Waals surface area (Å²) in [7, 11) is 1.77. The molecule has 1 aliphatic rings. The van der Waals surface area contributed by atoms with Crippen LogP contribution < -0.4 is 5.32 Å². The maximum Gasteiger partial charge on any atom is 0.0462 e. The van der Waals surface area contributed by atoms with Crippen molar-refractivity contribution in [1.82, 2.24) is 5.32 Å². The molecule has 1 saturated carbocycles. The first-order valence-electron chi connectivity index (χ1n) is 5.41. The molecule has 1 atom stereocenters. The molecular formula is C11H23NO. The third-order valence-electron chi connectivity index (χ3n) is 3.31. The second-order valence-electron chi connectivity index (χ2n) is 4.53. The molecule has 1 fully saturated rings. The Labute approximate surface area is 82.0 Å². The van der Waals surface area contributed by atoms with Gasteiger partial charge in [0.1, 0.15) is 0 Å². The van der Waals surface area contributed by atoms with E-state index in [-0.39, 0.29) is 0 Å². The Morgan fingerprint density at radius 1 is 1.38 bits per heavy atom. The summed E-state index contributed by atoms with van der Waals surface area (Å²) in [5.41, 5.74) is 0.612. The van der Waals surface area contributed by atoms with Gasteiger partial charge in [-0.3, -0.25) is 0 Å². The molecule has 13 heavy (non-hydrogen) atoms. The molecule has 0 radical (unpaired) electrons. The van der Waals surface area contributed by atoms with Gasteiger partial charge in [-0.25, -0.2) is 0 Å². The first-order chi connectivity index (χ1) is 6.19. The smallest absolute Gasteiger partial charge is 0.0462 e. The van der Waals surface area contributed by atoms with Crippen molar-refractivity contribution >= 4 is 0 Å². The molecule has 0 aliphatic heterocycles. The topological polar surface area (TPSA) is 21.3 Å². The number of nitrogens with one attached hydrogen (secondary N) is 1. The van der Waals surface area contributed by atoms with Gasteiger partial charge >= 0.3 is 0 Å². The van der Waals surface area contributed by atoms with Gasteiger partial charge in [-0.05, 0) is 44.6 Å². The minimum absolute atomic E-state index is 0.612. The minimum Gasteiger partial charge on any atom is -0.385 e. The van der Waals surface area contributed by atoms with Crippen LogP contribution in [0.5, 0.6) is 0 Å². The molecule has 0 amide bonds. The highest BCUT2D eigenvalue weighted by Gasteiger charge is 2.41. The quantitative estimate of drug-likeness (QED) is 0.614. The molecule has 2 heteroatoms. The highest BCUT2D eigenvalue weighted by Crippen LogP contribution is 2.47. The number of hydrogen-bond donors (Lipinski definition) is 1. The van der Waals surface area contributed by atoms with Crippen LogP contribution >= 0.6 is 0 Å². The van der Waals surface area contributed by atoms with Crippen LogP contribution in [0.4, 0.5) is 0 Å². The van der Waals surface area contributed by atoms with E-state index in [4.69, 9.17) is 4.74 Å². The van der Waals surface area contributed by atoms with Crippen LogP contribution in [0.2, 0.25) is 0 Å². The van der Waals surface area contributed by atoms with Crippen molar-refractivity contribution in [3.63, 3.8) is 0 Å². The maximum absolute atomic E-state index is 5.00. The molecule has 78 valence electrons. The number of methoxy groups -OCH3 is 1. The highest BCUT2D eigenvalue weighted by molar-refractivity contribution is 4.96. The Bertz CT molecular complexity index is 143. The first-order valence-corrected chi connectivity index (χ1v) is 5.41. The summed E-state index contributed by atoms with van der Waals surface area (Å²) in [6.45, 7) is 6.72. The van der Waals surface area contributed by atoms with Crippen molar-refractivity contribution in [2.45, 2.75) is 45.6 Å². The summed E-state index contributed by atoms with van der Waals surface area (Å²) in [6, 6.07) is 0.690. The van der Waals surface area contributed by atoms with E-state index in [1.807, 2.05) is 0 Å². The molecule has 0 aromatic rings. The number of rotatable bonds is 7. The lowest BCUT2D eigenvalue weighted by Gasteiger charge is -2.20. The van der Waals surface area contributed by atoms with Crippen molar-refractivity contribution in [3.05, 3.63) is 0 Å². The lowest BCUT2D eigenvalue weighted by molar-refractivity contribution is 0.192. The predicted molar refractivity (Wildman–Crippen MR) is 55.9 cm³/mol. The van der Waals surface area contributed by atoms with Crippen molar-refractivity contribution in [2.24, 2.45) is 5.41 Å². The molecule has 0 spiro atoms. The molecule has 2 nitrogen and oxygen atoms in total. The molecule has 1 rings (SSSR count). The molecule has 0 heterocycles. The van der Waals surface area contributed by atoms with Gasteiger partial charge in [0, 0.05) is 19.8 Å². The molecule has 0 aromatic carbocycles. The molecule has 1 unspecified atom stereocenters. The first kappa shape index (κ1) is 11.0. The zero-order chi connectivity index (χ0) is 9.73. The average Bonchev–Trinajstić information content (AvgIpc) is 2.84. The number of hydrogen-bond acceptors (Lipinski definition) is 2. The van der Waals surface area contributed by atoms with Crippen molar-refractivity contribution < 1.29 is 4.74 Å². The Kier molecular flexibility index (Phi) is 4.20. The lowest BCUT2D eigenvalue weighted by Crippen LogP contribution is -2.34.